The zero-order chi connectivity index (χ0) is 10.4. The summed E-state index contributed by atoms with van der Waals surface area (Å²) in [5, 5.41) is 13.6. The summed E-state index contributed by atoms with van der Waals surface area (Å²) in [6, 6.07) is 6.67. The van der Waals surface area contributed by atoms with Crippen molar-refractivity contribution in [1.82, 2.24) is 5.32 Å². The van der Waals surface area contributed by atoms with Gasteiger partial charge in [-0.2, -0.15) is 0 Å². The number of nitrogens with zero attached hydrogens (tertiary/aromatic N) is 1. The molecule has 1 aromatic carbocycles. The SMILES string of the molecule is O=[N+]([O-])c1ccccc1CNCCCl. The van der Waals surface area contributed by atoms with E-state index >= 15 is 0 Å². The van der Waals surface area contributed by atoms with E-state index in [0.29, 0.717) is 24.5 Å². The number of nitrogens with one attached hydrogen (secondary N) is 1. The standard InChI is InChI=1S/C9H11ClN2O2/c10-5-6-11-7-8-3-1-2-4-9(8)12(13)14/h1-4,11H,5-7H2. The predicted octanol–water partition coefficient (Wildman–Crippen LogP) is 1.92. The molecule has 0 unspecified atom stereocenters. The van der Waals surface area contributed by atoms with Crippen molar-refractivity contribution in [2.24, 2.45) is 0 Å². The van der Waals surface area contributed by atoms with Gasteiger partial charge in [-0.05, 0) is 0 Å². The molecule has 1 N–H and O–H groups in total. The van der Waals surface area contributed by atoms with Gasteiger partial charge >= 0.3 is 0 Å². The van der Waals surface area contributed by atoms with Gasteiger partial charge in [0.1, 0.15) is 0 Å². The van der Waals surface area contributed by atoms with Crippen LogP contribution in [0.2, 0.25) is 0 Å². The third kappa shape index (κ3) is 2.97. The highest BCUT2D eigenvalue weighted by atomic mass is 35.5. The highest BCUT2D eigenvalue weighted by Gasteiger charge is 2.10. The molecule has 5 heteroatoms. The molecule has 0 spiro atoms. The lowest BCUT2D eigenvalue weighted by Gasteiger charge is -2.03. The molecule has 76 valence electrons. The van der Waals surface area contributed by atoms with Crippen LogP contribution in [0, 0.1) is 10.1 Å². The van der Waals surface area contributed by atoms with Crippen molar-refractivity contribution in [3.63, 3.8) is 0 Å². The Hall–Kier alpha value is -1.13. The number of halogens is 1. The number of hydrogen-bond acceptors (Lipinski definition) is 3. The first-order valence-electron chi connectivity index (χ1n) is 4.24. The molecular weight excluding hydrogens is 204 g/mol. The van der Waals surface area contributed by atoms with Gasteiger partial charge in [0, 0.05) is 30.6 Å². The van der Waals surface area contributed by atoms with Gasteiger partial charge in [0.2, 0.25) is 0 Å². The summed E-state index contributed by atoms with van der Waals surface area (Å²) in [5.41, 5.74) is 0.831. The average Bonchev–Trinajstić information content (AvgIpc) is 2.19. The van der Waals surface area contributed by atoms with E-state index in [1.165, 1.54) is 6.07 Å². The van der Waals surface area contributed by atoms with E-state index < -0.39 is 0 Å². The highest BCUT2D eigenvalue weighted by molar-refractivity contribution is 6.18. The van der Waals surface area contributed by atoms with Crippen LogP contribution in [0.4, 0.5) is 5.69 Å². The molecule has 14 heavy (non-hydrogen) atoms. The summed E-state index contributed by atoms with van der Waals surface area (Å²) in [6.45, 7) is 1.12. The molecule has 0 aliphatic carbocycles. The van der Waals surface area contributed by atoms with Crippen molar-refractivity contribution < 1.29 is 4.92 Å². The molecule has 0 saturated heterocycles. The minimum absolute atomic E-state index is 0.148. The van der Waals surface area contributed by atoms with Crippen LogP contribution in [0.15, 0.2) is 24.3 Å². The zero-order valence-electron chi connectivity index (χ0n) is 7.57. The van der Waals surface area contributed by atoms with Gasteiger partial charge in [0.25, 0.3) is 5.69 Å². The second kappa shape index (κ2) is 5.57. The minimum Gasteiger partial charge on any atom is -0.311 e. The molecule has 0 aliphatic heterocycles. The first-order valence-corrected chi connectivity index (χ1v) is 4.78. The van der Waals surface area contributed by atoms with Gasteiger partial charge in [-0.15, -0.1) is 11.6 Å². The lowest BCUT2D eigenvalue weighted by molar-refractivity contribution is -0.385. The molecule has 0 aromatic heterocycles. The van der Waals surface area contributed by atoms with Crippen molar-refractivity contribution in [3.8, 4) is 0 Å². The molecule has 0 amide bonds. The topological polar surface area (TPSA) is 55.2 Å². The minimum atomic E-state index is -0.377. The lowest BCUT2D eigenvalue weighted by Crippen LogP contribution is -2.16. The number of benzene rings is 1. The van der Waals surface area contributed by atoms with Crippen LogP contribution in [0.1, 0.15) is 5.56 Å². The number of para-hydroxylation sites is 1. The Morgan fingerprint density at radius 3 is 2.79 bits per heavy atom. The zero-order valence-corrected chi connectivity index (χ0v) is 8.33. The quantitative estimate of drug-likeness (QED) is 0.353. The van der Waals surface area contributed by atoms with Crippen LogP contribution in [0.5, 0.6) is 0 Å². The Kier molecular flexibility index (Phi) is 4.35. The van der Waals surface area contributed by atoms with Crippen LogP contribution in [0.3, 0.4) is 0 Å². The van der Waals surface area contributed by atoms with Gasteiger partial charge in [0.15, 0.2) is 0 Å². The molecule has 1 rings (SSSR count). The van der Waals surface area contributed by atoms with Gasteiger partial charge in [-0.1, -0.05) is 18.2 Å². The molecule has 0 bridgehead atoms. The molecule has 0 aliphatic rings. The van der Waals surface area contributed by atoms with E-state index in [9.17, 15) is 10.1 Å². The molecule has 0 saturated carbocycles. The number of nitro groups is 1. The maximum Gasteiger partial charge on any atom is 0.273 e. The van der Waals surface area contributed by atoms with Gasteiger partial charge < -0.3 is 5.32 Å². The van der Waals surface area contributed by atoms with E-state index in [2.05, 4.69) is 5.32 Å². The monoisotopic (exact) mass is 214 g/mol. The Balaban J connectivity index is 2.69. The Morgan fingerprint density at radius 2 is 2.14 bits per heavy atom. The number of nitro benzene ring substituents is 1. The molecule has 0 heterocycles. The normalized spacial score (nSPS) is 10.1. The van der Waals surface area contributed by atoms with Crippen LogP contribution < -0.4 is 5.32 Å². The van der Waals surface area contributed by atoms with E-state index in [-0.39, 0.29) is 10.6 Å². The summed E-state index contributed by atoms with van der Waals surface area (Å²) in [4.78, 5) is 10.2. The molecule has 1 aromatic rings. The Labute approximate surface area is 87.0 Å². The van der Waals surface area contributed by atoms with Crippen molar-refractivity contribution in [2.75, 3.05) is 12.4 Å². The van der Waals surface area contributed by atoms with E-state index in [0.717, 1.165) is 0 Å². The maximum atomic E-state index is 10.6. The molecule has 0 fully saturated rings. The number of rotatable bonds is 5. The highest BCUT2D eigenvalue weighted by Crippen LogP contribution is 2.16. The third-order valence-electron chi connectivity index (χ3n) is 1.78. The van der Waals surface area contributed by atoms with Crippen LogP contribution in [-0.4, -0.2) is 17.3 Å². The van der Waals surface area contributed by atoms with Crippen LogP contribution in [0.25, 0.3) is 0 Å². The first kappa shape index (κ1) is 10.9. The lowest BCUT2D eigenvalue weighted by atomic mass is 10.2. The van der Waals surface area contributed by atoms with E-state index in [1.54, 1.807) is 18.2 Å². The summed E-state index contributed by atoms with van der Waals surface area (Å²) in [5.74, 6) is 0.501. The van der Waals surface area contributed by atoms with Crippen molar-refractivity contribution in [2.45, 2.75) is 6.54 Å². The second-order valence-corrected chi connectivity index (χ2v) is 3.13. The van der Waals surface area contributed by atoms with Gasteiger partial charge in [0.05, 0.1) is 4.92 Å². The fourth-order valence-electron chi connectivity index (χ4n) is 1.13. The summed E-state index contributed by atoms with van der Waals surface area (Å²) < 4.78 is 0. The molecule has 0 atom stereocenters. The van der Waals surface area contributed by atoms with Crippen molar-refractivity contribution >= 4 is 17.3 Å². The fraction of sp³-hybridized carbons (Fsp3) is 0.333. The smallest absolute Gasteiger partial charge is 0.273 e. The second-order valence-electron chi connectivity index (χ2n) is 2.75. The number of alkyl halides is 1. The molecule has 0 radical (unpaired) electrons. The predicted molar refractivity (Wildman–Crippen MR) is 55.5 cm³/mol. The van der Waals surface area contributed by atoms with E-state index in [1.807, 2.05) is 0 Å². The van der Waals surface area contributed by atoms with Crippen LogP contribution >= 0.6 is 11.6 Å². The molecule has 4 nitrogen and oxygen atoms in total. The summed E-state index contributed by atoms with van der Waals surface area (Å²) >= 11 is 5.47. The van der Waals surface area contributed by atoms with E-state index in [4.69, 9.17) is 11.6 Å². The molecular formula is C9H11ClN2O2. The average molecular weight is 215 g/mol. The van der Waals surface area contributed by atoms with Gasteiger partial charge in [-0.25, -0.2) is 0 Å². The first-order chi connectivity index (χ1) is 6.75. The fourth-order valence-corrected chi connectivity index (χ4v) is 1.26. The maximum absolute atomic E-state index is 10.6. The Morgan fingerprint density at radius 1 is 1.43 bits per heavy atom. The van der Waals surface area contributed by atoms with Crippen molar-refractivity contribution in [1.29, 1.82) is 0 Å². The van der Waals surface area contributed by atoms with Crippen molar-refractivity contribution in [3.05, 3.63) is 39.9 Å². The van der Waals surface area contributed by atoms with Gasteiger partial charge in [-0.3, -0.25) is 10.1 Å². The summed E-state index contributed by atoms with van der Waals surface area (Å²) in [6.07, 6.45) is 0. The Bertz CT molecular complexity index is 317. The number of hydrogen-bond donors (Lipinski definition) is 1. The largest absolute Gasteiger partial charge is 0.311 e. The van der Waals surface area contributed by atoms with Crippen LogP contribution in [-0.2, 0) is 6.54 Å². The summed E-state index contributed by atoms with van der Waals surface area (Å²) in [7, 11) is 0. The third-order valence-corrected chi connectivity index (χ3v) is 1.96.